The Hall–Kier alpha value is -2.26. The van der Waals surface area contributed by atoms with Gasteiger partial charge in [0.15, 0.2) is 0 Å². The number of carbonyl (C=O) groups is 1. The number of rotatable bonds is 6. The van der Waals surface area contributed by atoms with E-state index in [0.29, 0.717) is 5.88 Å². The fraction of sp³-hybridized carbons (Fsp3) is 0.118. The largest absolute Gasteiger partial charge is 0.461 e. The van der Waals surface area contributed by atoms with Gasteiger partial charge >= 0.3 is 5.97 Å². The van der Waals surface area contributed by atoms with Gasteiger partial charge in [-0.3, -0.25) is 0 Å². The number of carbonyl (C=O) groups excluding carboxylic acids is 1. The third kappa shape index (κ3) is 5.32. The van der Waals surface area contributed by atoms with Gasteiger partial charge in [0, 0.05) is 6.08 Å². The molecule has 0 bridgehead atoms. The summed E-state index contributed by atoms with van der Waals surface area (Å²) in [6.07, 6.45) is 3.06. The Balaban J connectivity index is 1.93. The molecular weight excluding hydrogens is 288 g/mol. The van der Waals surface area contributed by atoms with Gasteiger partial charge in [-0.05, 0) is 35.9 Å². The maximum Gasteiger partial charge on any atom is 0.330 e. The van der Waals surface area contributed by atoms with Crippen molar-refractivity contribution in [2.75, 3.05) is 12.5 Å². The first-order valence-corrected chi connectivity index (χ1v) is 7.05. The van der Waals surface area contributed by atoms with Gasteiger partial charge < -0.3 is 9.47 Å². The van der Waals surface area contributed by atoms with E-state index in [9.17, 15) is 4.79 Å². The molecule has 2 rings (SSSR count). The number of alkyl halides is 1. The summed E-state index contributed by atoms with van der Waals surface area (Å²) < 4.78 is 10.5. The van der Waals surface area contributed by atoms with Crippen molar-refractivity contribution in [2.45, 2.75) is 0 Å². The first-order valence-electron chi connectivity index (χ1n) is 6.52. The molecule has 3 nitrogen and oxygen atoms in total. The van der Waals surface area contributed by atoms with Crippen molar-refractivity contribution >= 4 is 23.6 Å². The Morgan fingerprint density at radius 1 is 1.00 bits per heavy atom. The summed E-state index contributed by atoms with van der Waals surface area (Å²) in [5, 5.41) is 0. The summed E-state index contributed by atoms with van der Waals surface area (Å²) in [4.78, 5) is 11.3. The highest BCUT2D eigenvalue weighted by molar-refractivity contribution is 6.18. The Morgan fingerprint density at radius 3 is 2.33 bits per heavy atom. The van der Waals surface area contributed by atoms with E-state index >= 15 is 0 Å². The second-order valence-electron chi connectivity index (χ2n) is 4.17. The molecule has 0 radical (unpaired) electrons. The monoisotopic (exact) mass is 302 g/mol. The number of halogens is 1. The van der Waals surface area contributed by atoms with Crippen molar-refractivity contribution in [3.8, 4) is 11.5 Å². The zero-order valence-corrected chi connectivity index (χ0v) is 12.1. The summed E-state index contributed by atoms with van der Waals surface area (Å²) in [6.45, 7) is 0.217. The lowest BCUT2D eigenvalue weighted by molar-refractivity contribution is -0.137. The van der Waals surface area contributed by atoms with E-state index in [1.165, 1.54) is 6.08 Å². The minimum Gasteiger partial charge on any atom is -0.461 e. The molecule has 0 saturated heterocycles. The quantitative estimate of drug-likeness (QED) is 0.454. The molecular formula is C17H15ClO3. The molecule has 0 aliphatic rings. The summed E-state index contributed by atoms with van der Waals surface area (Å²) in [6, 6.07) is 17.0. The van der Waals surface area contributed by atoms with Crippen LogP contribution in [0.2, 0.25) is 0 Å². The van der Waals surface area contributed by atoms with Crippen molar-refractivity contribution in [1.29, 1.82) is 0 Å². The molecule has 21 heavy (non-hydrogen) atoms. The summed E-state index contributed by atoms with van der Waals surface area (Å²) >= 11 is 5.43. The summed E-state index contributed by atoms with van der Waals surface area (Å²) in [7, 11) is 0. The Labute approximate surface area is 128 Å². The Bertz CT molecular complexity index is 591. The highest BCUT2D eigenvalue weighted by atomic mass is 35.5. The molecule has 2 aromatic carbocycles. The number of benzene rings is 2. The van der Waals surface area contributed by atoms with Crippen LogP contribution < -0.4 is 4.74 Å². The minimum absolute atomic E-state index is 0.217. The predicted molar refractivity (Wildman–Crippen MR) is 83.7 cm³/mol. The van der Waals surface area contributed by atoms with E-state index in [4.69, 9.17) is 21.1 Å². The first-order chi connectivity index (χ1) is 10.3. The third-order valence-corrected chi connectivity index (χ3v) is 2.75. The van der Waals surface area contributed by atoms with Crippen molar-refractivity contribution in [3.63, 3.8) is 0 Å². The normalized spacial score (nSPS) is 10.5. The van der Waals surface area contributed by atoms with E-state index < -0.39 is 5.97 Å². The van der Waals surface area contributed by atoms with Gasteiger partial charge in [0.1, 0.15) is 18.1 Å². The van der Waals surface area contributed by atoms with E-state index in [-0.39, 0.29) is 6.61 Å². The summed E-state index contributed by atoms with van der Waals surface area (Å²) in [5.74, 6) is 1.42. The van der Waals surface area contributed by atoms with E-state index in [1.807, 2.05) is 54.6 Å². The molecule has 2 aromatic rings. The van der Waals surface area contributed by atoms with Crippen LogP contribution in [0.1, 0.15) is 5.56 Å². The van der Waals surface area contributed by atoms with Crippen LogP contribution in [0.4, 0.5) is 0 Å². The highest BCUT2D eigenvalue weighted by Gasteiger charge is 1.98. The minimum atomic E-state index is -0.403. The molecule has 0 heterocycles. The summed E-state index contributed by atoms with van der Waals surface area (Å²) in [5.41, 5.74) is 0.887. The zero-order valence-electron chi connectivity index (χ0n) is 11.4. The second-order valence-corrected chi connectivity index (χ2v) is 4.55. The molecule has 4 heteroatoms. The van der Waals surface area contributed by atoms with Crippen molar-refractivity contribution < 1.29 is 14.3 Å². The number of ether oxygens (including phenoxy) is 2. The van der Waals surface area contributed by atoms with E-state index in [0.717, 1.165) is 17.1 Å². The standard InChI is InChI=1S/C17H15ClO3/c18-12-13-20-17(19)11-8-14-6-9-16(10-7-14)21-15-4-2-1-3-5-15/h1-11H,12-13H2/b11-8+. The maximum absolute atomic E-state index is 11.3. The Morgan fingerprint density at radius 2 is 1.67 bits per heavy atom. The fourth-order valence-electron chi connectivity index (χ4n) is 1.62. The number of para-hydroxylation sites is 1. The van der Waals surface area contributed by atoms with Gasteiger partial charge in [0.05, 0.1) is 5.88 Å². The number of hydrogen-bond acceptors (Lipinski definition) is 3. The van der Waals surface area contributed by atoms with Gasteiger partial charge in [0.2, 0.25) is 0 Å². The maximum atomic E-state index is 11.3. The van der Waals surface area contributed by atoms with Crippen LogP contribution in [0.25, 0.3) is 6.08 Å². The highest BCUT2D eigenvalue weighted by Crippen LogP contribution is 2.21. The van der Waals surface area contributed by atoms with Gasteiger partial charge in [-0.15, -0.1) is 11.6 Å². The van der Waals surface area contributed by atoms with Gasteiger partial charge in [0.25, 0.3) is 0 Å². The number of esters is 1. The van der Waals surface area contributed by atoms with Crippen molar-refractivity contribution in [3.05, 3.63) is 66.2 Å². The van der Waals surface area contributed by atoms with Crippen molar-refractivity contribution in [1.82, 2.24) is 0 Å². The molecule has 0 saturated carbocycles. The van der Waals surface area contributed by atoms with E-state index in [2.05, 4.69) is 0 Å². The van der Waals surface area contributed by atoms with E-state index in [1.54, 1.807) is 6.08 Å². The Kier molecular flexibility index (Phi) is 5.85. The lowest BCUT2D eigenvalue weighted by atomic mass is 10.2. The van der Waals surface area contributed by atoms with Crippen LogP contribution in [0, 0.1) is 0 Å². The second kappa shape index (κ2) is 8.12. The fourth-order valence-corrected chi connectivity index (χ4v) is 1.70. The predicted octanol–water partition coefficient (Wildman–Crippen LogP) is 4.27. The van der Waals surface area contributed by atoms with Crippen LogP contribution in [0.5, 0.6) is 11.5 Å². The molecule has 0 aliphatic heterocycles. The molecule has 0 spiro atoms. The molecule has 108 valence electrons. The van der Waals surface area contributed by atoms with Crippen LogP contribution in [0.3, 0.4) is 0 Å². The average molecular weight is 303 g/mol. The molecule has 0 aliphatic carbocycles. The zero-order chi connectivity index (χ0) is 14.9. The van der Waals surface area contributed by atoms with Gasteiger partial charge in [-0.25, -0.2) is 4.79 Å². The first kappa shape index (κ1) is 15.1. The van der Waals surface area contributed by atoms with Crippen LogP contribution in [0.15, 0.2) is 60.7 Å². The molecule has 0 amide bonds. The average Bonchev–Trinajstić information content (AvgIpc) is 2.53. The van der Waals surface area contributed by atoms with Gasteiger partial charge in [-0.1, -0.05) is 30.3 Å². The number of hydrogen-bond donors (Lipinski definition) is 0. The van der Waals surface area contributed by atoms with Crippen LogP contribution >= 0.6 is 11.6 Å². The lowest BCUT2D eigenvalue weighted by Gasteiger charge is -2.05. The molecule has 0 fully saturated rings. The van der Waals surface area contributed by atoms with Crippen molar-refractivity contribution in [2.24, 2.45) is 0 Å². The third-order valence-electron chi connectivity index (χ3n) is 2.59. The lowest BCUT2D eigenvalue weighted by Crippen LogP contribution is -2.02. The molecule has 0 N–H and O–H groups in total. The molecule has 0 atom stereocenters. The molecule has 0 unspecified atom stereocenters. The van der Waals surface area contributed by atoms with Crippen LogP contribution in [-0.2, 0) is 9.53 Å². The topological polar surface area (TPSA) is 35.5 Å². The SMILES string of the molecule is O=C(/C=C/c1ccc(Oc2ccccc2)cc1)OCCCl. The van der Waals surface area contributed by atoms with Gasteiger partial charge in [-0.2, -0.15) is 0 Å². The molecule has 0 aromatic heterocycles. The smallest absolute Gasteiger partial charge is 0.330 e. The van der Waals surface area contributed by atoms with Crippen LogP contribution in [-0.4, -0.2) is 18.5 Å².